The SMILES string of the molecule is CCOC(=O)C(CC/N=C\N(C)C1CCC(C)CC1)CC(CC)CNC(=O)OC(C)(C)C. The van der Waals surface area contributed by atoms with Crippen LogP contribution in [0.2, 0.25) is 0 Å². The third kappa shape index (κ3) is 11.7. The van der Waals surface area contributed by atoms with E-state index in [0.29, 0.717) is 38.6 Å². The van der Waals surface area contributed by atoms with Crippen LogP contribution in [0.5, 0.6) is 0 Å². The van der Waals surface area contributed by atoms with E-state index in [1.165, 1.54) is 25.7 Å². The summed E-state index contributed by atoms with van der Waals surface area (Å²) in [6.45, 7) is 13.2. The number of amides is 1. The van der Waals surface area contributed by atoms with Gasteiger partial charge in [0.05, 0.1) is 18.9 Å². The molecular weight excluding hydrogens is 406 g/mol. The van der Waals surface area contributed by atoms with Gasteiger partial charge in [-0.3, -0.25) is 9.79 Å². The maximum absolute atomic E-state index is 12.5. The fourth-order valence-corrected chi connectivity index (χ4v) is 4.09. The molecule has 1 N–H and O–H groups in total. The number of nitrogens with zero attached hydrogens (tertiary/aromatic N) is 2. The molecule has 7 nitrogen and oxygen atoms in total. The predicted molar refractivity (Wildman–Crippen MR) is 130 cm³/mol. The van der Waals surface area contributed by atoms with Crippen LogP contribution in [0.4, 0.5) is 4.79 Å². The molecular formula is C25H47N3O4. The molecule has 0 spiro atoms. The number of carbonyl (C=O) groups excluding carboxylic acids is 2. The van der Waals surface area contributed by atoms with Crippen LogP contribution in [0.3, 0.4) is 0 Å². The summed E-state index contributed by atoms with van der Waals surface area (Å²) >= 11 is 0. The summed E-state index contributed by atoms with van der Waals surface area (Å²) in [6.07, 6.45) is 8.68. The Labute approximate surface area is 195 Å². The van der Waals surface area contributed by atoms with E-state index in [0.717, 1.165) is 12.3 Å². The lowest BCUT2D eigenvalue weighted by Gasteiger charge is -2.32. The first-order valence-corrected chi connectivity index (χ1v) is 12.4. The second kappa shape index (κ2) is 14.4. The summed E-state index contributed by atoms with van der Waals surface area (Å²) in [5.74, 6) is 0.609. The minimum atomic E-state index is -0.527. The molecule has 0 saturated heterocycles. The number of aliphatic imine (C=N–C) groups is 1. The Bertz CT molecular complexity index is 580. The maximum Gasteiger partial charge on any atom is 0.407 e. The number of esters is 1. The molecule has 2 atom stereocenters. The van der Waals surface area contributed by atoms with Crippen LogP contribution in [0.15, 0.2) is 4.99 Å². The molecule has 0 aromatic heterocycles. The molecule has 32 heavy (non-hydrogen) atoms. The van der Waals surface area contributed by atoms with Crippen molar-refractivity contribution in [3.05, 3.63) is 0 Å². The summed E-state index contributed by atoms with van der Waals surface area (Å²) in [6, 6.07) is 0.569. The molecule has 0 heterocycles. The van der Waals surface area contributed by atoms with Crippen molar-refractivity contribution in [2.45, 2.75) is 98.1 Å². The van der Waals surface area contributed by atoms with E-state index in [4.69, 9.17) is 9.47 Å². The zero-order valence-electron chi connectivity index (χ0n) is 21.5. The van der Waals surface area contributed by atoms with Crippen molar-refractivity contribution >= 4 is 18.4 Å². The minimum absolute atomic E-state index is 0.173. The number of nitrogens with one attached hydrogen (secondary N) is 1. The number of alkyl carbamates (subject to hydrolysis) is 1. The van der Waals surface area contributed by atoms with Gasteiger partial charge >= 0.3 is 12.1 Å². The number of hydrogen-bond acceptors (Lipinski definition) is 5. The maximum atomic E-state index is 12.5. The van der Waals surface area contributed by atoms with Crippen LogP contribution < -0.4 is 5.32 Å². The standard InChI is InChI=1S/C25H47N3O4/c1-8-20(17-27-24(30)32-25(4,5)6)16-21(23(29)31-9-2)14-15-26-18-28(7)22-12-10-19(3)11-13-22/h18-22H,8-17H2,1-7H3,(H,27,30)/b26-18-. The first-order chi connectivity index (χ1) is 15.1. The Hall–Kier alpha value is -1.79. The lowest BCUT2D eigenvalue weighted by molar-refractivity contribution is -0.148. The molecule has 0 aromatic carbocycles. The minimum Gasteiger partial charge on any atom is -0.466 e. The summed E-state index contributed by atoms with van der Waals surface area (Å²) < 4.78 is 10.6. The highest BCUT2D eigenvalue weighted by atomic mass is 16.6. The fourth-order valence-electron chi connectivity index (χ4n) is 4.09. The lowest BCUT2D eigenvalue weighted by atomic mass is 9.87. The van der Waals surface area contributed by atoms with Gasteiger partial charge in [0.25, 0.3) is 0 Å². The highest BCUT2D eigenvalue weighted by Crippen LogP contribution is 2.26. The molecule has 0 aromatic rings. The fraction of sp³-hybridized carbons (Fsp3) is 0.880. The van der Waals surface area contributed by atoms with Gasteiger partial charge in [-0.05, 0) is 78.1 Å². The van der Waals surface area contributed by atoms with Crippen molar-refractivity contribution in [2.24, 2.45) is 22.7 Å². The highest BCUT2D eigenvalue weighted by Gasteiger charge is 2.25. The van der Waals surface area contributed by atoms with Crippen LogP contribution in [0.25, 0.3) is 0 Å². The van der Waals surface area contributed by atoms with E-state index in [-0.39, 0.29) is 17.8 Å². The molecule has 0 radical (unpaired) electrons. The third-order valence-electron chi connectivity index (χ3n) is 6.18. The monoisotopic (exact) mass is 453 g/mol. The summed E-state index contributed by atoms with van der Waals surface area (Å²) in [5, 5.41) is 2.84. The predicted octanol–water partition coefficient (Wildman–Crippen LogP) is 5.04. The van der Waals surface area contributed by atoms with E-state index in [2.05, 4.69) is 36.1 Å². The molecule has 0 bridgehead atoms. The average Bonchev–Trinajstić information content (AvgIpc) is 2.71. The second-order valence-electron chi connectivity index (χ2n) is 10.2. The van der Waals surface area contributed by atoms with Gasteiger partial charge in [-0.2, -0.15) is 0 Å². The molecule has 1 fully saturated rings. The van der Waals surface area contributed by atoms with Gasteiger partial charge in [0.15, 0.2) is 0 Å². The van der Waals surface area contributed by atoms with E-state index < -0.39 is 11.7 Å². The first kappa shape index (κ1) is 28.2. The Balaban J connectivity index is 2.55. The number of rotatable bonds is 12. The van der Waals surface area contributed by atoms with Crippen LogP contribution in [-0.4, -0.2) is 61.7 Å². The summed E-state index contributed by atoms with van der Waals surface area (Å²) in [4.78, 5) is 31.3. The Morgan fingerprint density at radius 2 is 1.84 bits per heavy atom. The van der Waals surface area contributed by atoms with Gasteiger partial charge in [-0.15, -0.1) is 0 Å². The molecule has 0 aliphatic heterocycles. The number of hydrogen-bond donors (Lipinski definition) is 1. The van der Waals surface area contributed by atoms with E-state index in [1.807, 2.05) is 34.0 Å². The highest BCUT2D eigenvalue weighted by molar-refractivity contribution is 5.72. The summed E-state index contributed by atoms with van der Waals surface area (Å²) in [5.41, 5.74) is -0.527. The van der Waals surface area contributed by atoms with Gasteiger partial charge < -0.3 is 19.7 Å². The quantitative estimate of drug-likeness (QED) is 0.254. The Morgan fingerprint density at radius 3 is 2.41 bits per heavy atom. The average molecular weight is 454 g/mol. The van der Waals surface area contributed by atoms with Gasteiger partial charge in [0.1, 0.15) is 5.60 Å². The van der Waals surface area contributed by atoms with Crippen molar-refractivity contribution < 1.29 is 19.1 Å². The van der Waals surface area contributed by atoms with Gasteiger partial charge in [-0.1, -0.05) is 20.3 Å². The van der Waals surface area contributed by atoms with E-state index in [1.54, 1.807) is 0 Å². The van der Waals surface area contributed by atoms with Crippen molar-refractivity contribution in [3.63, 3.8) is 0 Å². The Morgan fingerprint density at radius 1 is 1.19 bits per heavy atom. The topological polar surface area (TPSA) is 80.2 Å². The molecule has 1 aliphatic carbocycles. The van der Waals surface area contributed by atoms with Crippen LogP contribution >= 0.6 is 0 Å². The molecule has 7 heteroatoms. The normalized spacial score (nSPS) is 21.1. The number of ether oxygens (including phenoxy) is 2. The van der Waals surface area contributed by atoms with Gasteiger partial charge in [0.2, 0.25) is 0 Å². The van der Waals surface area contributed by atoms with Crippen LogP contribution in [-0.2, 0) is 14.3 Å². The van der Waals surface area contributed by atoms with E-state index >= 15 is 0 Å². The molecule has 1 aliphatic rings. The zero-order chi connectivity index (χ0) is 24.1. The molecule has 1 amide bonds. The van der Waals surface area contributed by atoms with E-state index in [9.17, 15) is 9.59 Å². The molecule has 186 valence electrons. The second-order valence-corrected chi connectivity index (χ2v) is 10.2. The van der Waals surface area contributed by atoms with Crippen molar-refractivity contribution in [1.82, 2.24) is 10.2 Å². The van der Waals surface area contributed by atoms with Crippen LogP contribution in [0.1, 0.15) is 86.5 Å². The summed E-state index contributed by atoms with van der Waals surface area (Å²) in [7, 11) is 2.10. The molecule has 1 rings (SSSR count). The zero-order valence-corrected chi connectivity index (χ0v) is 21.5. The largest absolute Gasteiger partial charge is 0.466 e. The van der Waals surface area contributed by atoms with Gasteiger partial charge in [-0.25, -0.2) is 4.79 Å². The van der Waals surface area contributed by atoms with Crippen molar-refractivity contribution in [2.75, 3.05) is 26.7 Å². The Kier molecular flexibility index (Phi) is 12.7. The lowest BCUT2D eigenvalue weighted by Crippen LogP contribution is -2.36. The smallest absolute Gasteiger partial charge is 0.407 e. The third-order valence-corrected chi connectivity index (χ3v) is 6.18. The van der Waals surface area contributed by atoms with Gasteiger partial charge in [0, 0.05) is 26.2 Å². The molecule has 1 saturated carbocycles. The van der Waals surface area contributed by atoms with Crippen molar-refractivity contribution in [3.8, 4) is 0 Å². The number of carbonyl (C=O) groups is 2. The molecule has 2 unspecified atom stereocenters. The van der Waals surface area contributed by atoms with Crippen molar-refractivity contribution in [1.29, 1.82) is 0 Å². The van der Waals surface area contributed by atoms with Crippen LogP contribution in [0, 0.1) is 17.8 Å². The first-order valence-electron chi connectivity index (χ1n) is 12.4.